The van der Waals surface area contributed by atoms with Crippen LogP contribution >= 0.6 is 11.8 Å². The largest absolute Gasteiger partial charge is 0.481 e. The zero-order chi connectivity index (χ0) is 13.0. The molecule has 17 heavy (non-hydrogen) atoms. The summed E-state index contributed by atoms with van der Waals surface area (Å²) in [6, 6.07) is 0. The lowest BCUT2D eigenvalue weighted by molar-refractivity contribution is -0.151. The molecule has 1 rings (SSSR count). The van der Waals surface area contributed by atoms with Crippen LogP contribution in [0.5, 0.6) is 0 Å². The number of hydrogen-bond acceptors (Lipinski definition) is 6. The summed E-state index contributed by atoms with van der Waals surface area (Å²) in [6.07, 6.45) is 0.106. The van der Waals surface area contributed by atoms with Crippen molar-refractivity contribution in [2.75, 3.05) is 5.75 Å². The Morgan fingerprint density at radius 3 is 2.41 bits per heavy atom. The Morgan fingerprint density at radius 1 is 1.29 bits per heavy atom. The highest BCUT2D eigenvalue weighted by molar-refractivity contribution is 8.14. The zero-order valence-corrected chi connectivity index (χ0v) is 9.83. The molecule has 0 aliphatic carbocycles. The molecule has 0 aromatic carbocycles. The number of rotatable bonds is 5. The average Bonchev–Trinajstić information content (AvgIpc) is 2.48. The maximum atomic E-state index is 11.2. The molecule has 0 amide bonds. The van der Waals surface area contributed by atoms with Gasteiger partial charge in [-0.15, -0.1) is 0 Å². The smallest absolute Gasteiger partial charge is 0.342 e. The molecular weight excluding hydrogens is 248 g/mol. The highest BCUT2D eigenvalue weighted by Gasteiger charge is 2.29. The minimum absolute atomic E-state index is 0.00694. The van der Waals surface area contributed by atoms with Crippen LogP contribution in [-0.2, 0) is 23.9 Å². The van der Waals surface area contributed by atoms with Gasteiger partial charge in [0.15, 0.2) is 5.12 Å². The van der Waals surface area contributed by atoms with Crippen molar-refractivity contribution in [3.05, 3.63) is 11.1 Å². The molecule has 1 aliphatic heterocycles. The average molecular weight is 258 g/mol. The fraction of sp³-hybridized carbons (Fsp3) is 0.400. The zero-order valence-electron chi connectivity index (χ0n) is 9.02. The summed E-state index contributed by atoms with van der Waals surface area (Å²) in [7, 11) is 0. The van der Waals surface area contributed by atoms with Gasteiger partial charge < -0.3 is 9.84 Å². The first-order chi connectivity index (χ1) is 7.91. The van der Waals surface area contributed by atoms with Crippen molar-refractivity contribution in [3.63, 3.8) is 0 Å². The van der Waals surface area contributed by atoms with Gasteiger partial charge in [0.25, 0.3) is 0 Å². The minimum atomic E-state index is -1.07. The molecule has 1 heterocycles. The van der Waals surface area contributed by atoms with Crippen LogP contribution in [0.2, 0.25) is 0 Å². The van der Waals surface area contributed by atoms with Crippen LogP contribution in [0.25, 0.3) is 0 Å². The predicted molar refractivity (Wildman–Crippen MR) is 58.1 cm³/mol. The summed E-state index contributed by atoms with van der Waals surface area (Å²) in [4.78, 5) is 43.6. The van der Waals surface area contributed by atoms with E-state index in [4.69, 9.17) is 5.11 Å². The molecule has 0 saturated carbocycles. The lowest BCUT2D eigenvalue weighted by atomic mass is 10.1. The lowest BCUT2D eigenvalue weighted by Gasteiger charge is -1.98. The summed E-state index contributed by atoms with van der Waals surface area (Å²) in [5.74, 6) is -2.78. The summed E-state index contributed by atoms with van der Waals surface area (Å²) in [5.41, 5.74) is 0.408. The maximum Gasteiger partial charge on any atom is 0.342 e. The van der Waals surface area contributed by atoms with E-state index in [1.54, 1.807) is 0 Å². The van der Waals surface area contributed by atoms with E-state index in [1.807, 2.05) is 0 Å². The van der Waals surface area contributed by atoms with Crippen molar-refractivity contribution >= 4 is 34.8 Å². The maximum absolute atomic E-state index is 11.2. The number of hydrogen-bond donors (Lipinski definition) is 1. The number of carboxylic acids is 1. The Bertz CT molecular complexity index is 423. The number of thioether (sulfide) groups is 1. The second-order valence-corrected chi connectivity index (χ2v) is 4.37. The number of aliphatic carboxylic acids is 1. The van der Waals surface area contributed by atoms with Gasteiger partial charge in [0.2, 0.25) is 0 Å². The molecule has 1 N–H and O–H groups in total. The van der Waals surface area contributed by atoms with Crippen LogP contribution in [0.3, 0.4) is 0 Å². The van der Waals surface area contributed by atoms with E-state index < -0.39 is 17.9 Å². The van der Waals surface area contributed by atoms with E-state index in [2.05, 4.69) is 4.74 Å². The molecule has 0 saturated heterocycles. The summed E-state index contributed by atoms with van der Waals surface area (Å²) in [5, 5.41) is 8.03. The number of esters is 2. The van der Waals surface area contributed by atoms with Gasteiger partial charge in [-0.1, -0.05) is 11.8 Å². The quantitative estimate of drug-likeness (QED) is 0.566. The Kier molecular flexibility index (Phi) is 4.45. The van der Waals surface area contributed by atoms with Crippen molar-refractivity contribution in [2.24, 2.45) is 0 Å². The summed E-state index contributed by atoms with van der Waals surface area (Å²) >= 11 is 0.673. The first-order valence-corrected chi connectivity index (χ1v) is 5.74. The number of ether oxygens (including phenoxy) is 1. The third-order valence-electron chi connectivity index (χ3n) is 2.13. The molecule has 1 aliphatic rings. The van der Waals surface area contributed by atoms with Crippen molar-refractivity contribution in [3.8, 4) is 0 Å². The molecular formula is C10H10O6S. The Balaban J connectivity index is 2.46. The van der Waals surface area contributed by atoms with E-state index in [0.29, 0.717) is 11.8 Å². The van der Waals surface area contributed by atoms with Crippen molar-refractivity contribution in [2.45, 2.75) is 19.8 Å². The standard InChI is InChI=1S/C10H10O6S/c1-5-6(10(15)16-9(5)14)2-3-8(13)17-4-7(11)12/h2-4H2,1H3,(H,11,12). The third-order valence-corrected chi connectivity index (χ3v) is 3.04. The van der Waals surface area contributed by atoms with Gasteiger partial charge in [-0.3, -0.25) is 9.59 Å². The van der Waals surface area contributed by atoms with Crippen LogP contribution in [0.15, 0.2) is 11.1 Å². The molecule has 0 atom stereocenters. The van der Waals surface area contributed by atoms with Crippen LogP contribution < -0.4 is 0 Å². The number of carbonyl (C=O) groups excluding carboxylic acids is 3. The Hall–Kier alpha value is -1.63. The lowest BCUT2D eigenvalue weighted by Crippen LogP contribution is -2.05. The fourth-order valence-corrected chi connectivity index (χ4v) is 1.76. The second-order valence-electron chi connectivity index (χ2n) is 3.33. The molecule has 92 valence electrons. The van der Waals surface area contributed by atoms with Gasteiger partial charge >= 0.3 is 17.9 Å². The third kappa shape index (κ3) is 3.70. The molecule has 0 aromatic heterocycles. The van der Waals surface area contributed by atoms with E-state index in [9.17, 15) is 19.2 Å². The Labute approximate surface area is 101 Å². The normalized spacial score (nSPS) is 15.1. The molecule has 0 aromatic rings. The number of cyclic esters (lactones) is 2. The molecule has 0 radical (unpaired) electrons. The van der Waals surface area contributed by atoms with Gasteiger partial charge in [-0.25, -0.2) is 9.59 Å². The first kappa shape index (κ1) is 13.4. The molecule has 0 fully saturated rings. The van der Waals surface area contributed by atoms with E-state index in [0.717, 1.165) is 0 Å². The van der Waals surface area contributed by atoms with Crippen molar-refractivity contribution in [1.29, 1.82) is 0 Å². The van der Waals surface area contributed by atoms with E-state index in [-0.39, 0.29) is 34.9 Å². The van der Waals surface area contributed by atoms with Gasteiger partial charge in [0.1, 0.15) is 0 Å². The predicted octanol–water partition coefficient (Wildman–Crippen LogP) is 0.511. The molecule has 0 spiro atoms. The first-order valence-electron chi connectivity index (χ1n) is 4.75. The minimum Gasteiger partial charge on any atom is -0.481 e. The Morgan fingerprint density at radius 2 is 1.94 bits per heavy atom. The molecule has 6 nitrogen and oxygen atoms in total. The van der Waals surface area contributed by atoms with E-state index >= 15 is 0 Å². The van der Waals surface area contributed by atoms with Gasteiger partial charge in [0.05, 0.1) is 5.75 Å². The monoisotopic (exact) mass is 258 g/mol. The van der Waals surface area contributed by atoms with E-state index in [1.165, 1.54) is 6.92 Å². The van der Waals surface area contributed by atoms with Crippen LogP contribution in [0.1, 0.15) is 19.8 Å². The highest BCUT2D eigenvalue weighted by atomic mass is 32.2. The van der Waals surface area contributed by atoms with Crippen molar-refractivity contribution in [1.82, 2.24) is 0 Å². The summed E-state index contributed by atoms with van der Waals surface area (Å²) < 4.78 is 4.35. The topological polar surface area (TPSA) is 97.7 Å². The van der Waals surface area contributed by atoms with Gasteiger partial charge in [-0.2, -0.15) is 0 Å². The van der Waals surface area contributed by atoms with Crippen LogP contribution in [0, 0.1) is 0 Å². The summed E-state index contributed by atoms with van der Waals surface area (Å²) in [6.45, 7) is 1.46. The molecule has 0 unspecified atom stereocenters. The van der Waals surface area contributed by atoms with Gasteiger partial charge in [-0.05, 0) is 13.3 Å². The van der Waals surface area contributed by atoms with Crippen LogP contribution in [-0.4, -0.2) is 33.9 Å². The number of carbonyl (C=O) groups is 4. The molecule has 7 heteroatoms. The highest BCUT2D eigenvalue weighted by Crippen LogP contribution is 2.22. The van der Waals surface area contributed by atoms with Crippen LogP contribution in [0.4, 0.5) is 0 Å². The number of carboxylic acid groups (broad SMARTS) is 1. The van der Waals surface area contributed by atoms with Crippen molar-refractivity contribution < 1.29 is 29.0 Å². The van der Waals surface area contributed by atoms with Gasteiger partial charge in [0, 0.05) is 17.6 Å². The molecule has 0 bridgehead atoms. The fourth-order valence-electron chi connectivity index (χ4n) is 1.23. The second kappa shape index (κ2) is 5.62. The SMILES string of the molecule is CC1=C(CCC(=O)SCC(=O)O)C(=O)OC1=O.